The Hall–Kier alpha value is -3.92. The lowest BCUT2D eigenvalue weighted by Gasteiger charge is -2.23. The summed E-state index contributed by atoms with van der Waals surface area (Å²) in [4.78, 5) is 24.8. The lowest BCUT2D eigenvalue weighted by molar-refractivity contribution is -0.119. The van der Waals surface area contributed by atoms with Crippen LogP contribution in [0.5, 0.6) is 5.75 Å². The van der Waals surface area contributed by atoms with Crippen molar-refractivity contribution in [1.82, 2.24) is 5.32 Å². The molecule has 4 aromatic carbocycles. The highest BCUT2D eigenvalue weighted by Crippen LogP contribution is 2.37. The van der Waals surface area contributed by atoms with E-state index in [1.165, 1.54) is 6.92 Å². The maximum atomic E-state index is 12.8. The molecule has 1 atom stereocenters. The highest BCUT2D eigenvalue weighted by Gasteiger charge is 2.24. The van der Waals surface area contributed by atoms with Crippen LogP contribution < -0.4 is 10.1 Å². The van der Waals surface area contributed by atoms with Crippen LogP contribution in [-0.4, -0.2) is 11.9 Å². The second kappa shape index (κ2) is 8.62. The van der Waals surface area contributed by atoms with E-state index in [2.05, 4.69) is 5.32 Å². The van der Waals surface area contributed by atoms with E-state index in [9.17, 15) is 9.59 Å². The van der Waals surface area contributed by atoms with Crippen LogP contribution in [0.25, 0.3) is 10.8 Å². The molecule has 4 nitrogen and oxygen atoms in total. The van der Waals surface area contributed by atoms with E-state index in [0.717, 1.165) is 21.9 Å². The monoisotopic (exact) mass is 395 g/mol. The molecule has 0 saturated heterocycles. The Morgan fingerprint density at radius 2 is 1.40 bits per heavy atom. The predicted molar refractivity (Wildman–Crippen MR) is 117 cm³/mol. The van der Waals surface area contributed by atoms with Gasteiger partial charge in [0.2, 0.25) is 5.91 Å². The fraction of sp³-hybridized carbons (Fsp3) is 0.0769. The molecule has 0 aliphatic carbocycles. The number of hydrogen-bond acceptors (Lipinski definition) is 3. The van der Waals surface area contributed by atoms with Crippen molar-refractivity contribution < 1.29 is 14.3 Å². The third-order valence-corrected chi connectivity index (χ3v) is 4.91. The van der Waals surface area contributed by atoms with Crippen molar-refractivity contribution in [3.8, 4) is 5.75 Å². The number of carbonyl (C=O) groups excluding carboxylic acids is 2. The molecule has 0 heterocycles. The average molecular weight is 395 g/mol. The minimum Gasteiger partial charge on any atom is -0.423 e. The summed E-state index contributed by atoms with van der Waals surface area (Å²) in [5.74, 6) is -0.191. The molecule has 4 aromatic rings. The summed E-state index contributed by atoms with van der Waals surface area (Å²) in [5.41, 5.74) is 2.12. The Morgan fingerprint density at radius 3 is 2.10 bits per heavy atom. The Labute approximate surface area is 175 Å². The molecular weight excluding hydrogens is 374 g/mol. The van der Waals surface area contributed by atoms with Crippen LogP contribution in [0.2, 0.25) is 0 Å². The summed E-state index contributed by atoms with van der Waals surface area (Å²) in [6.07, 6.45) is 0. The van der Waals surface area contributed by atoms with Crippen molar-refractivity contribution in [3.63, 3.8) is 0 Å². The normalized spacial score (nSPS) is 11.6. The predicted octanol–water partition coefficient (Wildman–Crippen LogP) is 5.28. The van der Waals surface area contributed by atoms with Gasteiger partial charge in [-0.2, -0.15) is 0 Å². The van der Waals surface area contributed by atoms with E-state index in [1.807, 2.05) is 66.7 Å². The molecule has 0 radical (unpaired) electrons. The molecule has 0 bridgehead atoms. The van der Waals surface area contributed by atoms with E-state index >= 15 is 0 Å². The van der Waals surface area contributed by atoms with Crippen LogP contribution in [0, 0.1) is 0 Å². The molecule has 4 rings (SSSR count). The molecule has 0 saturated carbocycles. The van der Waals surface area contributed by atoms with Crippen molar-refractivity contribution in [1.29, 1.82) is 0 Å². The number of rotatable bonds is 5. The van der Waals surface area contributed by atoms with E-state index < -0.39 is 12.0 Å². The summed E-state index contributed by atoms with van der Waals surface area (Å²) in [6, 6.07) is 29.6. The molecule has 0 spiro atoms. The average Bonchev–Trinajstić information content (AvgIpc) is 2.78. The number of ether oxygens (including phenoxy) is 1. The lowest BCUT2D eigenvalue weighted by Crippen LogP contribution is -2.28. The Balaban J connectivity index is 1.88. The Kier molecular flexibility index (Phi) is 5.57. The SMILES string of the molecule is CC(=O)N[C@H](c1ccccc1)c1c(OC(=O)c2ccccc2)ccc2ccccc12. The van der Waals surface area contributed by atoms with Gasteiger partial charge in [-0.15, -0.1) is 0 Å². The van der Waals surface area contributed by atoms with Gasteiger partial charge in [0.1, 0.15) is 5.75 Å². The van der Waals surface area contributed by atoms with E-state index in [-0.39, 0.29) is 5.91 Å². The number of fused-ring (bicyclic) bond motifs is 1. The summed E-state index contributed by atoms with van der Waals surface area (Å²) in [7, 11) is 0. The van der Waals surface area contributed by atoms with Gasteiger partial charge in [-0.3, -0.25) is 4.79 Å². The summed E-state index contributed by atoms with van der Waals surface area (Å²) in [5, 5.41) is 4.94. The summed E-state index contributed by atoms with van der Waals surface area (Å²) >= 11 is 0. The fourth-order valence-electron chi connectivity index (χ4n) is 3.57. The molecule has 1 N–H and O–H groups in total. The quantitative estimate of drug-likeness (QED) is 0.369. The molecule has 0 aliphatic heterocycles. The van der Waals surface area contributed by atoms with E-state index in [4.69, 9.17) is 4.74 Å². The third kappa shape index (κ3) is 4.08. The minimum atomic E-state index is -0.464. The zero-order valence-electron chi connectivity index (χ0n) is 16.5. The first-order valence-corrected chi connectivity index (χ1v) is 9.74. The molecule has 0 unspecified atom stereocenters. The maximum absolute atomic E-state index is 12.8. The van der Waals surface area contributed by atoms with Gasteiger partial charge in [0.05, 0.1) is 11.6 Å². The molecular formula is C26H21NO3. The van der Waals surface area contributed by atoms with Crippen molar-refractivity contribution in [3.05, 3.63) is 114 Å². The number of esters is 1. The highest BCUT2D eigenvalue weighted by atomic mass is 16.5. The van der Waals surface area contributed by atoms with Crippen LogP contribution in [-0.2, 0) is 4.79 Å². The fourth-order valence-corrected chi connectivity index (χ4v) is 3.57. The molecule has 4 heteroatoms. The van der Waals surface area contributed by atoms with Crippen molar-refractivity contribution in [2.24, 2.45) is 0 Å². The van der Waals surface area contributed by atoms with Gasteiger partial charge in [-0.1, -0.05) is 78.9 Å². The zero-order valence-corrected chi connectivity index (χ0v) is 16.5. The molecule has 0 aliphatic rings. The minimum absolute atomic E-state index is 0.169. The second-order valence-corrected chi connectivity index (χ2v) is 7.00. The van der Waals surface area contributed by atoms with Gasteiger partial charge in [-0.25, -0.2) is 4.79 Å². The van der Waals surface area contributed by atoms with E-state index in [0.29, 0.717) is 11.3 Å². The number of nitrogens with one attached hydrogen (secondary N) is 1. The van der Waals surface area contributed by atoms with Crippen LogP contribution in [0.4, 0.5) is 0 Å². The van der Waals surface area contributed by atoms with Crippen molar-refractivity contribution in [2.45, 2.75) is 13.0 Å². The Morgan fingerprint density at radius 1 is 0.767 bits per heavy atom. The van der Waals surface area contributed by atoms with Crippen LogP contribution in [0.1, 0.15) is 34.5 Å². The first-order chi connectivity index (χ1) is 14.6. The largest absolute Gasteiger partial charge is 0.423 e. The van der Waals surface area contributed by atoms with Gasteiger partial charge in [0.15, 0.2) is 0 Å². The van der Waals surface area contributed by atoms with E-state index in [1.54, 1.807) is 30.3 Å². The molecule has 0 fully saturated rings. The maximum Gasteiger partial charge on any atom is 0.343 e. The van der Waals surface area contributed by atoms with Gasteiger partial charge in [0.25, 0.3) is 0 Å². The van der Waals surface area contributed by atoms with Gasteiger partial charge in [-0.05, 0) is 34.5 Å². The lowest BCUT2D eigenvalue weighted by atomic mass is 9.92. The molecule has 1 amide bonds. The van der Waals surface area contributed by atoms with Gasteiger partial charge in [0, 0.05) is 12.5 Å². The van der Waals surface area contributed by atoms with Crippen LogP contribution in [0.15, 0.2) is 97.1 Å². The summed E-state index contributed by atoms with van der Waals surface area (Å²) in [6.45, 7) is 1.48. The third-order valence-electron chi connectivity index (χ3n) is 4.91. The van der Waals surface area contributed by atoms with Crippen LogP contribution in [0.3, 0.4) is 0 Å². The smallest absolute Gasteiger partial charge is 0.343 e. The van der Waals surface area contributed by atoms with Gasteiger partial charge >= 0.3 is 5.97 Å². The number of hydrogen-bond donors (Lipinski definition) is 1. The van der Waals surface area contributed by atoms with Crippen LogP contribution >= 0.6 is 0 Å². The number of carbonyl (C=O) groups is 2. The molecule has 30 heavy (non-hydrogen) atoms. The van der Waals surface area contributed by atoms with Gasteiger partial charge < -0.3 is 10.1 Å². The number of benzene rings is 4. The van der Waals surface area contributed by atoms with Crippen molar-refractivity contribution >= 4 is 22.6 Å². The number of amides is 1. The first-order valence-electron chi connectivity index (χ1n) is 9.74. The van der Waals surface area contributed by atoms with Crippen molar-refractivity contribution in [2.75, 3.05) is 0 Å². The molecule has 0 aromatic heterocycles. The zero-order chi connectivity index (χ0) is 20.9. The molecule has 148 valence electrons. The summed E-state index contributed by atoms with van der Waals surface area (Å²) < 4.78 is 5.83. The highest BCUT2D eigenvalue weighted by molar-refractivity contribution is 5.94. The standard InChI is InChI=1S/C26H21NO3/c1-18(28)27-25(20-11-4-2-5-12-20)24-22-15-9-8-10-19(22)16-17-23(24)30-26(29)21-13-6-3-7-14-21/h2-17,25H,1H3,(H,27,28)/t25-/m1/s1. The topological polar surface area (TPSA) is 55.4 Å². The first kappa shape index (κ1) is 19.4. The Bertz CT molecular complexity index is 1190. The second-order valence-electron chi connectivity index (χ2n) is 7.00.